The Kier molecular flexibility index (Phi) is 6.86. The summed E-state index contributed by atoms with van der Waals surface area (Å²) in [5.41, 5.74) is 4.11. The minimum absolute atomic E-state index is 0.0833. The summed E-state index contributed by atoms with van der Waals surface area (Å²) < 4.78 is 2.16. The van der Waals surface area contributed by atoms with Gasteiger partial charge in [-0.1, -0.05) is 24.2 Å². The van der Waals surface area contributed by atoms with Crippen LogP contribution in [0.5, 0.6) is 0 Å². The van der Waals surface area contributed by atoms with Crippen LogP contribution in [0.4, 0.5) is 10.9 Å². The molecule has 1 saturated heterocycles. The van der Waals surface area contributed by atoms with E-state index in [9.17, 15) is 14.9 Å². The van der Waals surface area contributed by atoms with Gasteiger partial charge in [-0.2, -0.15) is 5.26 Å². The first-order valence-corrected chi connectivity index (χ1v) is 12.1. The minimum Gasteiger partial charge on any atom is -0.327 e. The number of piperidine rings is 1. The van der Waals surface area contributed by atoms with Gasteiger partial charge in [-0.05, 0) is 51.6 Å². The predicted octanol–water partition coefficient (Wildman–Crippen LogP) is 3.23. The van der Waals surface area contributed by atoms with Gasteiger partial charge in [-0.15, -0.1) is 10.2 Å². The number of nitrogens with zero attached hydrogens (tertiary/aromatic N) is 5. The molecule has 170 valence electrons. The summed E-state index contributed by atoms with van der Waals surface area (Å²) in [5, 5.41) is 23.7. The van der Waals surface area contributed by atoms with Crippen LogP contribution in [0, 0.1) is 31.1 Å². The van der Waals surface area contributed by atoms with E-state index in [2.05, 4.69) is 31.5 Å². The third-order valence-electron chi connectivity index (χ3n) is 6.65. The molecule has 0 unspecified atom stereocenters. The van der Waals surface area contributed by atoms with Crippen molar-refractivity contribution in [2.45, 2.75) is 58.4 Å². The zero-order chi connectivity index (χ0) is 22.7. The van der Waals surface area contributed by atoms with Crippen molar-refractivity contribution in [3.8, 4) is 6.07 Å². The molecule has 2 amide bonds. The molecule has 1 atom stereocenters. The van der Waals surface area contributed by atoms with Gasteiger partial charge in [-0.25, -0.2) is 0 Å². The summed E-state index contributed by atoms with van der Waals surface area (Å²) in [5.74, 6) is 0.201. The molecule has 2 fully saturated rings. The first-order valence-electron chi connectivity index (χ1n) is 11.2. The molecule has 4 rings (SSSR count). The number of rotatable bonds is 6. The van der Waals surface area contributed by atoms with E-state index in [-0.39, 0.29) is 24.3 Å². The highest BCUT2D eigenvalue weighted by atomic mass is 32.1. The molecule has 0 bridgehead atoms. The van der Waals surface area contributed by atoms with Gasteiger partial charge >= 0.3 is 0 Å². The zero-order valence-corrected chi connectivity index (χ0v) is 19.4. The normalized spacial score (nSPS) is 19.6. The van der Waals surface area contributed by atoms with Gasteiger partial charge in [0.15, 0.2) is 0 Å². The lowest BCUT2D eigenvalue weighted by atomic mass is 9.97. The zero-order valence-electron chi connectivity index (χ0n) is 18.6. The maximum atomic E-state index is 13.0. The van der Waals surface area contributed by atoms with Gasteiger partial charge in [0.2, 0.25) is 16.9 Å². The molecule has 0 radical (unpaired) electrons. The Labute approximate surface area is 191 Å². The van der Waals surface area contributed by atoms with Gasteiger partial charge in [0.25, 0.3) is 0 Å². The monoisotopic (exact) mass is 455 g/mol. The van der Waals surface area contributed by atoms with E-state index >= 15 is 0 Å². The van der Waals surface area contributed by atoms with Crippen LogP contribution in [0.15, 0.2) is 5.51 Å². The number of anilines is 2. The number of carbonyl (C=O) groups is 2. The van der Waals surface area contributed by atoms with E-state index in [0.29, 0.717) is 29.1 Å². The lowest BCUT2D eigenvalue weighted by Crippen LogP contribution is -2.44. The largest absolute Gasteiger partial charge is 0.327 e. The van der Waals surface area contributed by atoms with Crippen LogP contribution in [0.3, 0.4) is 0 Å². The van der Waals surface area contributed by atoms with Crippen molar-refractivity contribution in [2.24, 2.45) is 5.92 Å². The maximum absolute atomic E-state index is 13.0. The van der Waals surface area contributed by atoms with Crippen LogP contribution < -0.4 is 10.6 Å². The Morgan fingerprint density at radius 1 is 1.22 bits per heavy atom. The number of hydrogen-bond donors (Lipinski definition) is 2. The highest BCUT2D eigenvalue weighted by Gasteiger charge is 2.29. The lowest BCUT2D eigenvalue weighted by molar-refractivity contribution is -0.123. The number of amides is 2. The van der Waals surface area contributed by atoms with Crippen LogP contribution in [0.25, 0.3) is 0 Å². The first kappa shape index (κ1) is 22.4. The highest BCUT2D eigenvalue weighted by Crippen LogP contribution is 2.37. The number of hydrogen-bond acceptors (Lipinski definition) is 7. The maximum Gasteiger partial charge on any atom is 0.239 e. The van der Waals surface area contributed by atoms with Crippen LogP contribution in [-0.4, -0.2) is 51.1 Å². The fourth-order valence-corrected chi connectivity index (χ4v) is 5.38. The molecule has 3 heterocycles. The number of aromatic nitrogens is 3. The molecule has 2 aromatic heterocycles. The van der Waals surface area contributed by atoms with Crippen LogP contribution in [0.2, 0.25) is 0 Å². The fourth-order valence-electron chi connectivity index (χ4n) is 4.93. The van der Waals surface area contributed by atoms with Crippen molar-refractivity contribution in [1.29, 1.82) is 5.26 Å². The van der Waals surface area contributed by atoms with Crippen LogP contribution >= 0.6 is 11.3 Å². The summed E-state index contributed by atoms with van der Waals surface area (Å²) in [6.45, 7) is 5.45. The van der Waals surface area contributed by atoms with Gasteiger partial charge < -0.3 is 15.2 Å². The SMILES string of the molecule is Cc1c(C#N)c(NC(=O)CN2CCC[C@@H](C(=O)Nc3nncs3)C2)n(C2CCCC2)c1C. The third-order valence-corrected chi connectivity index (χ3v) is 7.26. The summed E-state index contributed by atoms with van der Waals surface area (Å²) in [7, 11) is 0. The van der Waals surface area contributed by atoms with Gasteiger partial charge in [0.05, 0.1) is 18.0 Å². The van der Waals surface area contributed by atoms with Gasteiger partial charge in [0, 0.05) is 18.3 Å². The molecule has 2 aromatic rings. The Bertz CT molecular complexity index is 1020. The van der Waals surface area contributed by atoms with Gasteiger partial charge in [0.1, 0.15) is 17.4 Å². The fraction of sp³-hybridized carbons (Fsp3) is 0.591. The molecular formula is C22H29N7O2S. The summed E-state index contributed by atoms with van der Waals surface area (Å²) in [6.07, 6.45) is 6.11. The van der Waals surface area contributed by atoms with Crippen molar-refractivity contribution in [3.63, 3.8) is 0 Å². The van der Waals surface area contributed by atoms with Crippen LogP contribution in [-0.2, 0) is 9.59 Å². The smallest absolute Gasteiger partial charge is 0.239 e. The van der Waals surface area contributed by atoms with E-state index < -0.39 is 0 Å². The lowest BCUT2D eigenvalue weighted by Gasteiger charge is -2.31. The van der Waals surface area contributed by atoms with Crippen molar-refractivity contribution >= 4 is 34.1 Å². The molecule has 32 heavy (non-hydrogen) atoms. The Hall–Kier alpha value is -2.77. The van der Waals surface area contributed by atoms with Crippen LogP contribution in [0.1, 0.15) is 61.4 Å². The Balaban J connectivity index is 1.42. The molecule has 1 saturated carbocycles. The number of nitrogens with one attached hydrogen (secondary N) is 2. The second-order valence-corrected chi connectivity index (χ2v) is 9.54. The average molecular weight is 456 g/mol. The number of likely N-dealkylation sites (tertiary alicyclic amines) is 1. The molecule has 9 nitrogen and oxygen atoms in total. The average Bonchev–Trinajstić information content (AvgIpc) is 3.52. The van der Waals surface area contributed by atoms with E-state index in [1.165, 1.54) is 24.2 Å². The molecule has 1 aliphatic heterocycles. The van der Waals surface area contributed by atoms with Crippen molar-refractivity contribution in [1.82, 2.24) is 19.7 Å². The molecule has 0 aromatic carbocycles. The van der Waals surface area contributed by atoms with Crippen molar-refractivity contribution < 1.29 is 9.59 Å². The Morgan fingerprint density at radius 2 is 2.00 bits per heavy atom. The Morgan fingerprint density at radius 3 is 2.69 bits per heavy atom. The van der Waals surface area contributed by atoms with Crippen molar-refractivity contribution in [2.75, 3.05) is 30.3 Å². The minimum atomic E-state index is -0.193. The molecule has 10 heteroatoms. The summed E-state index contributed by atoms with van der Waals surface area (Å²) >= 11 is 1.29. The molecule has 2 aliphatic rings. The third kappa shape index (κ3) is 4.69. The molecular weight excluding hydrogens is 426 g/mol. The highest BCUT2D eigenvalue weighted by molar-refractivity contribution is 7.13. The second kappa shape index (κ2) is 9.79. The molecule has 2 N–H and O–H groups in total. The molecule has 1 aliphatic carbocycles. The molecule has 0 spiro atoms. The number of nitriles is 1. The summed E-state index contributed by atoms with van der Waals surface area (Å²) in [4.78, 5) is 27.6. The van der Waals surface area contributed by atoms with Crippen molar-refractivity contribution in [3.05, 3.63) is 22.3 Å². The van der Waals surface area contributed by atoms with Gasteiger partial charge in [-0.3, -0.25) is 14.5 Å². The quantitative estimate of drug-likeness (QED) is 0.691. The number of carbonyl (C=O) groups excluding carboxylic acids is 2. The topological polar surface area (TPSA) is 116 Å². The first-order chi connectivity index (χ1) is 15.5. The predicted molar refractivity (Wildman–Crippen MR) is 122 cm³/mol. The van der Waals surface area contributed by atoms with E-state index in [4.69, 9.17) is 0 Å². The van der Waals surface area contributed by atoms with E-state index in [1.807, 2.05) is 18.7 Å². The standard InChI is InChI=1S/C22H29N7O2S/c1-14-15(2)29(17-7-3-4-8-17)20(18(14)10-23)25-19(30)12-28-9-5-6-16(11-28)21(31)26-22-27-24-13-32-22/h13,16-17H,3-9,11-12H2,1-2H3,(H,25,30)(H,26,27,31)/t16-/m1/s1. The van der Waals surface area contributed by atoms with E-state index in [0.717, 1.165) is 43.5 Å². The second-order valence-electron chi connectivity index (χ2n) is 8.71. The van der Waals surface area contributed by atoms with E-state index in [1.54, 1.807) is 5.51 Å². The summed E-state index contributed by atoms with van der Waals surface area (Å²) in [6, 6.07) is 2.62.